The molecule has 2 N–H and O–H groups in total. The van der Waals surface area contributed by atoms with Gasteiger partial charge in [-0.2, -0.15) is 20.2 Å². The topological polar surface area (TPSA) is 144 Å². The molecule has 0 unspecified atom stereocenters. The van der Waals surface area contributed by atoms with Gasteiger partial charge in [0.25, 0.3) is 11.6 Å². The number of amides is 2. The van der Waals surface area contributed by atoms with Gasteiger partial charge >= 0.3 is 0 Å². The first-order valence-corrected chi connectivity index (χ1v) is 17.0. The van der Waals surface area contributed by atoms with E-state index in [4.69, 9.17) is 0 Å². The zero-order valence-corrected chi connectivity index (χ0v) is 30.5. The van der Waals surface area contributed by atoms with Gasteiger partial charge in [-0.15, -0.1) is 0 Å². The summed E-state index contributed by atoms with van der Waals surface area (Å²) in [6, 6.07) is 13.9. The van der Waals surface area contributed by atoms with Gasteiger partial charge < -0.3 is 10.6 Å². The molecule has 2 aromatic carbocycles. The smallest absolute Gasteiger partial charge is 0.252 e. The van der Waals surface area contributed by atoms with E-state index in [1.54, 1.807) is 9.03 Å². The summed E-state index contributed by atoms with van der Waals surface area (Å²) in [6.45, 7) is 17.8. The molecule has 0 saturated carbocycles. The molecule has 0 aliphatic heterocycles. The first kappa shape index (κ1) is 35.8. The maximum Gasteiger partial charge on any atom is 0.252 e. The van der Waals surface area contributed by atoms with Crippen LogP contribution in [0.3, 0.4) is 0 Å². The summed E-state index contributed by atoms with van der Waals surface area (Å²) < 4.78 is 3.50. The number of anilines is 2. The number of hydrogen-bond acceptors (Lipinski definition) is 8. The minimum absolute atomic E-state index is 0. The molecule has 4 aromatic heterocycles. The molecule has 6 aromatic rings. The van der Waals surface area contributed by atoms with Crippen LogP contribution in [-0.2, 0) is 28.9 Å². The molecule has 0 spiro atoms. The maximum atomic E-state index is 12.3. The van der Waals surface area contributed by atoms with E-state index in [-0.39, 0.29) is 14.7 Å². The van der Waals surface area contributed by atoms with E-state index in [1.807, 2.05) is 90.9 Å². The summed E-state index contributed by atoms with van der Waals surface area (Å²) in [7, 11) is 0. The fraction of sp³-hybridized carbons (Fsp3) is 0.368. The first-order valence-electron chi connectivity index (χ1n) is 17.0. The third-order valence-electron chi connectivity index (χ3n) is 8.95. The van der Waals surface area contributed by atoms with Gasteiger partial charge in [-0.05, 0) is 127 Å². The number of nitrogens with one attached hydrogen (secondary N) is 2. The molecular weight excluding hydrogens is 628 g/mol. The molecule has 264 valence electrons. The summed E-state index contributed by atoms with van der Waals surface area (Å²) in [5.41, 5.74) is 11.2. The number of rotatable bonds is 9. The second-order valence-electron chi connectivity index (χ2n) is 12.7. The number of carbonyl (C=O) groups is 2. The molecule has 12 nitrogen and oxygen atoms in total. The van der Waals surface area contributed by atoms with E-state index in [0.717, 1.165) is 51.7 Å². The fourth-order valence-corrected chi connectivity index (χ4v) is 5.91. The van der Waals surface area contributed by atoms with Crippen molar-refractivity contribution < 1.29 is 12.4 Å². The van der Waals surface area contributed by atoms with Crippen molar-refractivity contribution in [1.29, 1.82) is 0 Å². The molecule has 0 fully saturated rings. The SMILES string of the molecule is CCc1ccc(NC(=O)CCc2c(C)nc3nc(C)nn3c2C)cc1.Cc1nc2nc(C)c(CCC(=O)Nc3ccc(C)c(C)c3)c(C)n2n1.[HH].[HH]. The minimum Gasteiger partial charge on any atom is -0.326 e. The second-order valence-corrected chi connectivity index (χ2v) is 12.7. The van der Waals surface area contributed by atoms with Crippen LogP contribution in [0.1, 0.15) is 84.9 Å². The monoisotopic (exact) mass is 678 g/mol. The van der Waals surface area contributed by atoms with Crippen LogP contribution in [0.4, 0.5) is 11.4 Å². The lowest BCUT2D eigenvalue weighted by molar-refractivity contribution is -0.117. The Morgan fingerprint density at radius 1 is 0.620 bits per heavy atom. The van der Waals surface area contributed by atoms with Gasteiger partial charge in [0.05, 0.1) is 0 Å². The van der Waals surface area contributed by atoms with Crippen LogP contribution in [0.5, 0.6) is 0 Å². The number of aromatic nitrogens is 8. The Hall–Kier alpha value is -5.52. The van der Waals surface area contributed by atoms with Crippen LogP contribution in [0, 0.1) is 55.4 Å². The van der Waals surface area contributed by atoms with Crippen molar-refractivity contribution in [3.63, 3.8) is 0 Å². The van der Waals surface area contributed by atoms with E-state index in [1.165, 1.54) is 16.7 Å². The minimum atomic E-state index is -0.00285. The fourth-order valence-electron chi connectivity index (χ4n) is 5.91. The Kier molecular flexibility index (Phi) is 11.0. The van der Waals surface area contributed by atoms with Crippen molar-refractivity contribution in [2.24, 2.45) is 0 Å². The normalized spacial score (nSPS) is 11.1. The van der Waals surface area contributed by atoms with Gasteiger partial charge in [-0.25, -0.2) is 19.0 Å². The number of carbonyl (C=O) groups excluding carboxylic acids is 2. The van der Waals surface area contributed by atoms with Gasteiger partial charge in [-0.1, -0.05) is 25.1 Å². The number of benzene rings is 2. The van der Waals surface area contributed by atoms with Gasteiger partial charge in [0.15, 0.2) is 0 Å². The Labute approximate surface area is 295 Å². The number of aryl methyl sites for hydroxylation is 9. The molecule has 0 aliphatic rings. The summed E-state index contributed by atoms with van der Waals surface area (Å²) in [5.74, 6) is 2.60. The molecule has 6 rings (SSSR count). The lowest BCUT2D eigenvalue weighted by atomic mass is 10.1. The lowest BCUT2D eigenvalue weighted by Crippen LogP contribution is -2.14. The Balaban J connectivity index is 0.000000270. The lowest BCUT2D eigenvalue weighted by Gasteiger charge is -2.11. The highest BCUT2D eigenvalue weighted by molar-refractivity contribution is 5.91. The van der Waals surface area contributed by atoms with Gasteiger partial charge in [0, 0.05) is 49.8 Å². The van der Waals surface area contributed by atoms with Crippen LogP contribution in [-0.4, -0.2) is 51.0 Å². The second kappa shape index (κ2) is 15.4. The largest absolute Gasteiger partial charge is 0.326 e. The molecule has 0 aliphatic carbocycles. The van der Waals surface area contributed by atoms with E-state index < -0.39 is 0 Å². The maximum absolute atomic E-state index is 12.3. The van der Waals surface area contributed by atoms with Crippen LogP contribution in [0.2, 0.25) is 0 Å². The predicted octanol–water partition coefficient (Wildman–Crippen LogP) is 6.91. The van der Waals surface area contributed by atoms with E-state index in [0.29, 0.717) is 48.9 Å². The van der Waals surface area contributed by atoms with Crippen molar-refractivity contribution in [1.82, 2.24) is 39.2 Å². The van der Waals surface area contributed by atoms with Gasteiger partial charge in [-0.3, -0.25) is 9.59 Å². The van der Waals surface area contributed by atoms with Crippen molar-refractivity contribution in [2.75, 3.05) is 10.6 Å². The molecule has 0 bridgehead atoms. The van der Waals surface area contributed by atoms with E-state index in [9.17, 15) is 9.59 Å². The highest BCUT2D eigenvalue weighted by Crippen LogP contribution is 2.19. The van der Waals surface area contributed by atoms with Crippen LogP contribution in [0.15, 0.2) is 42.5 Å². The Morgan fingerprint density at radius 3 is 1.54 bits per heavy atom. The van der Waals surface area contributed by atoms with E-state index in [2.05, 4.69) is 54.6 Å². The Bertz CT molecular complexity index is 2190. The quantitative estimate of drug-likeness (QED) is 0.168. The molecule has 50 heavy (non-hydrogen) atoms. The highest BCUT2D eigenvalue weighted by atomic mass is 16.2. The predicted molar refractivity (Wildman–Crippen MR) is 200 cm³/mol. The molecule has 0 radical (unpaired) electrons. The summed E-state index contributed by atoms with van der Waals surface area (Å²) >= 11 is 0. The highest BCUT2D eigenvalue weighted by Gasteiger charge is 2.15. The average Bonchev–Trinajstić information content (AvgIpc) is 3.64. The molecule has 2 amide bonds. The molecule has 4 heterocycles. The zero-order valence-electron chi connectivity index (χ0n) is 30.5. The third kappa shape index (κ3) is 8.36. The van der Waals surface area contributed by atoms with Gasteiger partial charge in [0.1, 0.15) is 11.6 Å². The van der Waals surface area contributed by atoms with Crippen LogP contribution < -0.4 is 10.6 Å². The molecule has 12 heteroatoms. The van der Waals surface area contributed by atoms with Crippen molar-refractivity contribution in [2.45, 2.75) is 94.4 Å². The molecule has 0 saturated heterocycles. The average molecular weight is 679 g/mol. The van der Waals surface area contributed by atoms with Crippen molar-refractivity contribution >= 4 is 34.7 Å². The summed E-state index contributed by atoms with van der Waals surface area (Å²) in [4.78, 5) is 42.2. The summed E-state index contributed by atoms with van der Waals surface area (Å²) in [6.07, 6.45) is 3.03. The van der Waals surface area contributed by atoms with Crippen molar-refractivity contribution in [3.05, 3.63) is 105 Å². The van der Waals surface area contributed by atoms with Crippen molar-refractivity contribution in [3.8, 4) is 0 Å². The standard InChI is InChI=1S/2C19H23N5O.2H2/c1-11-6-7-16(10-12(11)2)22-18(25)9-8-17-13(3)20-19-21-15(5)23-24(19)14(17)4;1-5-15-6-8-16(9-7-15)22-18(25)11-10-17-12(2)20-19-21-14(4)23-24(19)13(17)3;;/h6-7,10H,8-9H2,1-5H3,(H,22,25);6-9H,5,10-11H2,1-4H3,(H,22,25);2*1H. The number of hydrogen-bond donors (Lipinski definition) is 2. The Morgan fingerprint density at radius 2 is 1.08 bits per heavy atom. The van der Waals surface area contributed by atoms with Crippen LogP contribution in [0.25, 0.3) is 11.6 Å². The third-order valence-corrected chi connectivity index (χ3v) is 8.95. The number of nitrogens with zero attached hydrogens (tertiary/aromatic N) is 8. The summed E-state index contributed by atoms with van der Waals surface area (Å²) in [5, 5.41) is 14.7. The van der Waals surface area contributed by atoms with E-state index >= 15 is 0 Å². The van der Waals surface area contributed by atoms with Gasteiger partial charge in [0.2, 0.25) is 11.8 Å². The first-order chi connectivity index (χ1) is 23.8. The molecule has 0 atom stereocenters. The van der Waals surface area contributed by atoms with Crippen LogP contribution >= 0.6 is 0 Å². The molecular formula is C38H50N10O2. The zero-order chi connectivity index (χ0) is 36.1. The number of fused-ring (bicyclic) bond motifs is 2.